The van der Waals surface area contributed by atoms with E-state index in [9.17, 15) is 13.2 Å². The normalized spacial score (nSPS) is 15.2. The molecule has 176 valence electrons. The number of carbonyl (C=O) groups is 1. The number of benzene rings is 1. The maximum Gasteiger partial charge on any atom is 0.259 e. The van der Waals surface area contributed by atoms with Gasteiger partial charge in [-0.25, -0.2) is 18.1 Å². The van der Waals surface area contributed by atoms with Crippen LogP contribution in [0.4, 0.5) is 0 Å². The number of hydrogen-bond donors (Lipinski definition) is 1. The molecule has 1 saturated heterocycles. The Morgan fingerprint density at radius 3 is 2.50 bits per heavy atom. The predicted molar refractivity (Wildman–Crippen MR) is 123 cm³/mol. The SMILES string of the molecule is CCOc1ccc(CCC2CCN(C(=O)CCNS(=O)(=O)c3cn(C)c(C)n3)CC2)cc1. The lowest BCUT2D eigenvalue weighted by molar-refractivity contribution is -0.132. The molecule has 32 heavy (non-hydrogen) atoms. The monoisotopic (exact) mass is 462 g/mol. The molecule has 0 saturated carbocycles. The van der Waals surface area contributed by atoms with E-state index >= 15 is 0 Å². The minimum absolute atomic E-state index is 0.00476. The van der Waals surface area contributed by atoms with E-state index in [-0.39, 0.29) is 23.9 Å². The molecule has 1 aromatic heterocycles. The van der Waals surface area contributed by atoms with E-state index < -0.39 is 10.0 Å². The zero-order valence-corrected chi connectivity index (χ0v) is 20.0. The first-order valence-corrected chi connectivity index (χ1v) is 12.8. The lowest BCUT2D eigenvalue weighted by Crippen LogP contribution is -2.40. The van der Waals surface area contributed by atoms with Crippen molar-refractivity contribution < 1.29 is 17.9 Å². The molecular formula is C23H34N4O4S. The zero-order chi connectivity index (χ0) is 23.1. The molecule has 1 aliphatic rings. The van der Waals surface area contributed by atoms with E-state index in [4.69, 9.17) is 4.74 Å². The number of piperidine rings is 1. The van der Waals surface area contributed by atoms with Crippen LogP contribution in [0, 0.1) is 12.8 Å². The van der Waals surface area contributed by atoms with Crippen LogP contribution in [0.15, 0.2) is 35.5 Å². The van der Waals surface area contributed by atoms with Crippen molar-refractivity contribution in [1.82, 2.24) is 19.2 Å². The van der Waals surface area contributed by atoms with Crippen LogP contribution in [0.3, 0.4) is 0 Å². The molecule has 0 bridgehead atoms. The third-order valence-corrected chi connectivity index (χ3v) is 7.37. The molecule has 9 heteroatoms. The highest BCUT2D eigenvalue weighted by molar-refractivity contribution is 7.89. The topological polar surface area (TPSA) is 93.5 Å². The third kappa shape index (κ3) is 6.56. The van der Waals surface area contributed by atoms with E-state index in [2.05, 4.69) is 21.8 Å². The third-order valence-electron chi connectivity index (χ3n) is 6.04. The Morgan fingerprint density at radius 2 is 1.91 bits per heavy atom. The van der Waals surface area contributed by atoms with Gasteiger partial charge in [0.1, 0.15) is 11.6 Å². The van der Waals surface area contributed by atoms with Gasteiger partial charge in [-0.3, -0.25) is 4.79 Å². The summed E-state index contributed by atoms with van der Waals surface area (Å²) in [6, 6.07) is 8.28. The van der Waals surface area contributed by atoms with Crippen molar-refractivity contribution in [3.8, 4) is 5.75 Å². The predicted octanol–water partition coefficient (Wildman–Crippen LogP) is 2.67. The fraction of sp³-hybridized carbons (Fsp3) is 0.565. The lowest BCUT2D eigenvalue weighted by Gasteiger charge is -2.32. The standard InChI is InChI=1S/C23H34N4O4S/c1-4-31-21-9-7-19(8-10-21)5-6-20-12-15-27(16-13-20)23(28)11-14-24-32(29,30)22-17-26(3)18(2)25-22/h7-10,17,20,24H,4-6,11-16H2,1-3H3. The number of rotatable bonds is 10. The van der Waals surface area contributed by atoms with Gasteiger partial charge in [0.05, 0.1) is 6.61 Å². The molecule has 0 radical (unpaired) electrons. The van der Waals surface area contributed by atoms with Crippen molar-refractivity contribution in [2.24, 2.45) is 13.0 Å². The summed E-state index contributed by atoms with van der Waals surface area (Å²) >= 11 is 0. The number of amides is 1. The molecule has 0 aliphatic carbocycles. The summed E-state index contributed by atoms with van der Waals surface area (Å²) in [5.41, 5.74) is 1.31. The van der Waals surface area contributed by atoms with Gasteiger partial charge in [-0.1, -0.05) is 12.1 Å². The Morgan fingerprint density at radius 1 is 1.22 bits per heavy atom. The van der Waals surface area contributed by atoms with E-state index in [1.54, 1.807) is 18.5 Å². The van der Waals surface area contributed by atoms with Crippen LogP contribution in [-0.4, -0.2) is 55.0 Å². The first-order chi connectivity index (χ1) is 15.3. The van der Waals surface area contributed by atoms with Crippen molar-refractivity contribution in [1.29, 1.82) is 0 Å². The summed E-state index contributed by atoms with van der Waals surface area (Å²) in [7, 11) is -1.95. The summed E-state index contributed by atoms with van der Waals surface area (Å²) in [5, 5.41) is -0.0155. The Labute approximate surface area is 191 Å². The molecule has 3 rings (SSSR count). The van der Waals surface area contributed by atoms with E-state index in [0.717, 1.165) is 44.5 Å². The maximum atomic E-state index is 12.5. The average molecular weight is 463 g/mol. The van der Waals surface area contributed by atoms with Gasteiger partial charge in [-0.15, -0.1) is 0 Å². The van der Waals surface area contributed by atoms with Crippen LogP contribution in [0.5, 0.6) is 5.75 Å². The van der Waals surface area contributed by atoms with E-state index in [0.29, 0.717) is 18.3 Å². The minimum atomic E-state index is -3.70. The number of nitrogens with zero attached hydrogens (tertiary/aromatic N) is 3. The molecule has 1 aliphatic heterocycles. The summed E-state index contributed by atoms with van der Waals surface area (Å²) in [5.74, 6) is 2.12. The van der Waals surface area contributed by atoms with Gasteiger partial charge >= 0.3 is 0 Å². The second kappa shape index (κ2) is 11.0. The number of nitrogens with one attached hydrogen (secondary N) is 1. The molecule has 8 nitrogen and oxygen atoms in total. The van der Waals surface area contributed by atoms with Crippen molar-refractivity contribution in [2.75, 3.05) is 26.2 Å². The molecule has 1 aromatic carbocycles. The van der Waals surface area contributed by atoms with E-state index in [1.165, 1.54) is 11.8 Å². The van der Waals surface area contributed by atoms with Crippen molar-refractivity contribution in [2.45, 2.75) is 51.0 Å². The Hall–Kier alpha value is -2.39. The number of hydrogen-bond acceptors (Lipinski definition) is 5. The largest absolute Gasteiger partial charge is 0.494 e. The van der Waals surface area contributed by atoms with Crippen LogP contribution < -0.4 is 9.46 Å². The Bertz CT molecular complexity index is 974. The molecule has 0 spiro atoms. The minimum Gasteiger partial charge on any atom is -0.494 e. The van der Waals surface area contributed by atoms with Crippen molar-refractivity contribution in [3.63, 3.8) is 0 Å². The van der Waals surface area contributed by atoms with Gasteiger partial charge in [0.2, 0.25) is 5.91 Å². The summed E-state index contributed by atoms with van der Waals surface area (Å²) < 4.78 is 34.3. The lowest BCUT2D eigenvalue weighted by atomic mass is 9.90. The number of carbonyl (C=O) groups excluding carboxylic acids is 1. The fourth-order valence-corrected chi connectivity index (χ4v) is 5.01. The number of likely N-dealkylation sites (tertiary alicyclic amines) is 1. The molecule has 0 unspecified atom stereocenters. The van der Waals surface area contributed by atoms with Gasteiger partial charge in [0.15, 0.2) is 5.03 Å². The molecule has 1 amide bonds. The van der Waals surface area contributed by atoms with Crippen LogP contribution in [0.25, 0.3) is 0 Å². The van der Waals surface area contributed by atoms with E-state index in [1.807, 2.05) is 24.0 Å². The number of sulfonamides is 1. The Kier molecular flexibility index (Phi) is 8.31. The average Bonchev–Trinajstić information content (AvgIpc) is 3.13. The highest BCUT2D eigenvalue weighted by atomic mass is 32.2. The molecule has 1 N–H and O–H groups in total. The van der Waals surface area contributed by atoms with Gasteiger partial charge in [-0.2, -0.15) is 0 Å². The van der Waals surface area contributed by atoms with Crippen LogP contribution in [0.1, 0.15) is 44.0 Å². The number of ether oxygens (including phenoxy) is 1. The quantitative estimate of drug-likeness (QED) is 0.586. The summed E-state index contributed by atoms with van der Waals surface area (Å²) in [6.45, 7) is 5.94. The summed E-state index contributed by atoms with van der Waals surface area (Å²) in [4.78, 5) is 18.4. The molecule has 2 heterocycles. The number of imidazole rings is 1. The number of aryl methyl sites for hydroxylation is 3. The highest BCUT2D eigenvalue weighted by Crippen LogP contribution is 2.23. The van der Waals surface area contributed by atoms with Crippen molar-refractivity contribution in [3.05, 3.63) is 41.9 Å². The van der Waals surface area contributed by atoms with Crippen LogP contribution in [0.2, 0.25) is 0 Å². The molecular weight excluding hydrogens is 428 g/mol. The first-order valence-electron chi connectivity index (χ1n) is 11.3. The fourth-order valence-electron chi connectivity index (χ4n) is 3.94. The zero-order valence-electron chi connectivity index (χ0n) is 19.2. The smallest absolute Gasteiger partial charge is 0.259 e. The highest BCUT2D eigenvalue weighted by Gasteiger charge is 2.23. The first kappa shape index (κ1) is 24.3. The maximum absolute atomic E-state index is 12.5. The van der Waals surface area contributed by atoms with Gasteiger partial charge in [0.25, 0.3) is 10.0 Å². The molecule has 1 fully saturated rings. The van der Waals surface area contributed by atoms with Gasteiger partial charge < -0.3 is 14.2 Å². The number of aromatic nitrogens is 2. The molecule has 2 aromatic rings. The van der Waals surface area contributed by atoms with Crippen molar-refractivity contribution >= 4 is 15.9 Å². The Balaban J connectivity index is 1.36. The second-order valence-corrected chi connectivity index (χ2v) is 10.0. The molecule has 0 atom stereocenters. The van der Waals surface area contributed by atoms with Gasteiger partial charge in [-0.05, 0) is 63.1 Å². The summed E-state index contributed by atoms with van der Waals surface area (Å²) in [6.07, 6.45) is 5.74. The van der Waals surface area contributed by atoms with Gasteiger partial charge in [0, 0.05) is 39.3 Å². The second-order valence-electron chi connectivity index (χ2n) is 8.32. The van der Waals surface area contributed by atoms with Crippen LogP contribution in [-0.2, 0) is 28.3 Å². The van der Waals surface area contributed by atoms with Crippen LogP contribution >= 0.6 is 0 Å².